The number of amides is 2. The Labute approximate surface area is 190 Å². The predicted molar refractivity (Wildman–Crippen MR) is 119 cm³/mol. The third kappa shape index (κ3) is 3.65. The maximum atomic E-state index is 14.0. The number of carbonyl (C=O) groups is 3. The highest BCUT2D eigenvalue weighted by atomic mass is 16.5. The van der Waals surface area contributed by atoms with Gasteiger partial charge in [-0.3, -0.25) is 14.4 Å². The Morgan fingerprint density at radius 2 is 2.03 bits per heavy atom. The molecule has 0 aromatic rings. The van der Waals surface area contributed by atoms with Gasteiger partial charge in [0, 0.05) is 13.1 Å². The summed E-state index contributed by atoms with van der Waals surface area (Å²) in [5, 5.41) is 20.2. The molecule has 3 fully saturated rings. The second kappa shape index (κ2) is 9.14. The smallest absolute Gasteiger partial charge is 0.310 e. The van der Waals surface area contributed by atoms with Gasteiger partial charge in [-0.15, -0.1) is 6.58 Å². The fourth-order valence-corrected chi connectivity index (χ4v) is 6.17. The van der Waals surface area contributed by atoms with E-state index in [2.05, 4.69) is 13.5 Å². The molecule has 0 aromatic carbocycles. The van der Waals surface area contributed by atoms with Crippen molar-refractivity contribution in [3.63, 3.8) is 0 Å². The Bertz CT molecular complexity index is 770. The molecular weight excluding hydrogens is 412 g/mol. The van der Waals surface area contributed by atoms with Crippen molar-refractivity contribution in [1.29, 1.82) is 0 Å². The average Bonchev–Trinajstić information content (AvgIpc) is 3.29. The molecule has 2 N–H and O–H groups in total. The number of aliphatic hydroxyl groups is 1. The normalized spacial score (nSPS) is 34.1. The number of nitrogens with zero attached hydrogens (tertiary/aromatic N) is 2. The van der Waals surface area contributed by atoms with Crippen molar-refractivity contribution >= 4 is 17.8 Å². The van der Waals surface area contributed by atoms with Crippen molar-refractivity contribution in [1.82, 2.24) is 9.80 Å². The van der Waals surface area contributed by atoms with Gasteiger partial charge < -0.3 is 24.7 Å². The number of aliphatic carboxylic acids is 1. The summed E-state index contributed by atoms with van der Waals surface area (Å²) in [6, 6.07) is -1.55. The van der Waals surface area contributed by atoms with Crippen LogP contribution in [0.3, 0.4) is 0 Å². The Morgan fingerprint density at radius 1 is 1.34 bits per heavy atom. The van der Waals surface area contributed by atoms with E-state index in [1.165, 1.54) is 4.90 Å². The van der Waals surface area contributed by atoms with E-state index in [0.29, 0.717) is 25.9 Å². The molecule has 2 bridgehead atoms. The van der Waals surface area contributed by atoms with Crippen LogP contribution in [0.1, 0.15) is 59.8 Å². The molecule has 2 amide bonds. The standard InChI is InChI=1S/C24H38N2O6/c1-6-8-9-13-25(12-7-2)21(29)19-24-11-10-23(5,32-24)18(22(30)31)17(24)20(28)26(19)16(14-27)15(3)4/h7,15-19,27H,2,6,8-14H2,1,3-5H3,(H,30,31)/t16-,17-,18-,19?,23+,24?/m0/s1. The highest BCUT2D eigenvalue weighted by Crippen LogP contribution is 2.63. The maximum absolute atomic E-state index is 14.0. The highest BCUT2D eigenvalue weighted by molar-refractivity contribution is 5.98. The third-order valence-electron chi connectivity index (χ3n) is 7.72. The third-order valence-corrected chi connectivity index (χ3v) is 7.72. The zero-order valence-electron chi connectivity index (χ0n) is 19.7. The number of likely N-dealkylation sites (tertiary alicyclic amines) is 1. The second-order valence-electron chi connectivity index (χ2n) is 10.1. The summed E-state index contributed by atoms with van der Waals surface area (Å²) in [5.41, 5.74) is -2.16. The number of ether oxygens (including phenoxy) is 1. The SMILES string of the molecule is C=CCN(CCCCC)C(=O)C1N([C@@H](CO)C(C)C)C(=O)[C@@H]2[C@@H](C(=O)O)[C@@]3(C)CCC12O3. The summed E-state index contributed by atoms with van der Waals surface area (Å²) in [6.45, 7) is 12.0. The van der Waals surface area contributed by atoms with Gasteiger partial charge in [-0.2, -0.15) is 0 Å². The molecule has 1 spiro atoms. The van der Waals surface area contributed by atoms with E-state index in [1.54, 1.807) is 17.9 Å². The molecule has 180 valence electrons. The summed E-state index contributed by atoms with van der Waals surface area (Å²) in [5.74, 6) is -3.76. The van der Waals surface area contributed by atoms with Gasteiger partial charge in [-0.25, -0.2) is 0 Å². The van der Waals surface area contributed by atoms with E-state index in [1.807, 2.05) is 13.8 Å². The Balaban J connectivity index is 2.08. The molecule has 2 unspecified atom stereocenters. The zero-order valence-corrected chi connectivity index (χ0v) is 19.7. The summed E-state index contributed by atoms with van der Waals surface area (Å²) in [7, 11) is 0. The predicted octanol–water partition coefficient (Wildman–Crippen LogP) is 2.06. The lowest BCUT2D eigenvalue weighted by molar-refractivity contribution is -0.159. The molecule has 3 saturated heterocycles. The topological polar surface area (TPSA) is 107 Å². The molecule has 6 atom stereocenters. The molecule has 3 rings (SSSR count). The maximum Gasteiger partial charge on any atom is 0.310 e. The van der Waals surface area contributed by atoms with Gasteiger partial charge in [0.2, 0.25) is 11.8 Å². The van der Waals surface area contributed by atoms with Crippen LogP contribution in [0, 0.1) is 17.8 Å². The van der Waals surface area contributed by atoms with E-state index in [9.17, 15) is 24.6 Å². The lowest BCUT2D eigenvalue weighted by Gasteiger charge is -2.40. The second-order valence-corrected chi connectivity index (χ2v) is 10.1. The first-order valence-electron chi connectivity index (χ1n) is 11.8. The molecule has 8 heteroatoms. The number of hydrogen-bond donors (Lipinski definition) is 2. The molecule has 3 aliphatic heterocycles. The number of carboxylic acid groups (broad SMARTS) is 1. The minimum Gasteiger partial charge on any atom is -0.481 e. The molecular formula is C24H38N2O6. The highest BCUT2D eigenvalue weighted by Gasteiger charge is 2.78. The minimum absolute atomic E-state index is 0.113. The van der Waals surface area contributed by atoms with Gasteiger partial charge in [-0.1, -0.05) is 39.7 Å². The Morgan fingerprint density at radius 3 is 2.56 bits per heavy atom. The van der Waals surface area contributed by atoms with E-state index >= 15 is 0 Å². The van der Waals surface area contributed by atoms with Gasteiger partial charge in [0.15, 0.2) is 0 Å². The van der Waals surface area contributed by atoms with E-state index in [0.717, 1.165) is 19.3 Å². The summed E-state index contributed by atoms with van der Waals surface area (Å²) >= 11 is 0. The molecule has 0 aromatic heterocycles. The average molecular weight is 451 g/mol. The number of carboxylic acids is 1. The van der Waals surface area contributed by atoms with Gasteiger partial charge in [0.05, 0.1) is 30.1 Å². The van der Waals surface area contributed by atoms with Gasteiger partial charge in [-0.05, 0) is 32.1 Å². The number of fused-ring (bicyclic) bond motifs is 1. The lowest BCUT2D eigenvalue weighted by atomic mass is 9.66. The van der Waals surface area contributed by atoms with Crippen LogP contribution in [0.2, 0.25) is 0 Å². The number of unbranched alkanes of at least 4 members (excludes halogenated alkanes) is 2. The molecule has 32 heavy (non-hydrogen) atoms. The van der Waals surface area contributed by atoms with Crippen LogP contribution >= 0.6 is 0 Å². The number of aliphatic hydroxyl groups excluding tert-OH is 1. The van der Waals surface area contributed by atoms with Crippen molar-refractivity contribution in [3.8, 4) is 0 Å². The monoisotopic (exact) mass is 450 g/mol. The summed E-state index contributed by atoms with van der Waals surface area (Å²) < 4.78 is 6.41. The van der Waals surface area contributed by atoms with E-state index in [-0.39, 0.29) is 24.3 Å². The van der Waals surface area contributed by atoms with E-state index < -0.39 is 41.1 Å². The first-order chi connectivity index (χ1) is 15.1. The molecule has 3 aliphatic rings. The van der Waals surface area contributed by atoms with Crippen LogP contribution in [0.15, 0.2) is 12.7 Å². The first kappa shape index (κ1) is 24.7. The Kier molecular flexibility index (Phi) is 7.05. The molecule has 0 radical (unpaired) electrons. The van der Waals surface area contributed by atoms with Crippen molar-refractivity contribution in [2.24, 2.45) is 17.8 Å². The minimum atomic E-state index is -1.18. The van der Waals surface area contributed by atoms with Crippen molar-refractivity contribution in [3.05, 3.63) is 12.7 Å². The molecule has 8 nitrogen and oxygen atoms in total. The van der Waals surface area contributed by atoms with Crippen LogP contribution in [0.5, 0.6) is 0 Å². The van der Waals surface area contributed by atoms with Gasteiger partial charge in [0.1, 0.15) is 11.6 Å². The van der Waals surface area contributed by atoms with E-state index in [4.69, 9.17) is 4.74 Å². The molecule has 0 aliphatic carbocycles. The summed E-state index contributed by atoms with van der Waals surface area (Å²) in [6.07, 6.45) is 5.41. The Hall–Kier alpha value is -1.93. The first-order valence-corrected chi connectivity index (χ1v) is 11.8. The van der Waals surface area contributed by atoms with Crippen molar-refractivity contribution in [2.75, 3.05) is 19.7 Å². The lowest BCUT2D eigenvalue weighted by Crippen LogP contribution is -2.59. The largest absolute Gasteiger partial charge is 0.481 e. The van der Waals surface area contributed by atoms with Crippen LogP contribution in [-0.4, -0.2) is 80.8 Å². The number of carbonyl (C=O) groups excluding carboxylic acids is 2. The van der Waals surface area contributed by atoms with Crippen LogP contribution in [0.4, 0.5) is 0 Å². The van der Waals surface area contributed by atoms with Crippen LogP contribution < -0.4 is 0 Å². The number of rotatable bonds is 11. The molecule has 3 heterocycles. The quantitative estimate of drug-likeness (QED) is 0.369. The van der Waals surface area contributed by atoms with Crippen molar-refractivity contribution in [2.45, 2.75) is 83.1 Å². The zero-order chi connectivity index (χ0) is 23.8. The fraction of sp³-hybridized carbons (Fsp3) is 0.792. The van der Waals surface area contributed by atoms with Gasteiger partial charge in [0.25, 0.3) is 0 Å². The number of hydrogen-bond acceptors (Lipinski definition) is 5. The van der Waals surface area contributed by atoms with Crippen LogP contribution in [0.25, 0.3) is 0 Å². The van der Waals surface area contributed by atoms with Gasteiger partial charge >= 0.3 is 5.97 Å². The van der Waals surface area contributed by atoms with Crippen molar-refractivity contribution < 1.29 is 29.3 Å². The van der Waals surface area contributed by atoms with Crippen LogP contribution in [-0.2, 0) is 19.1 Å². The molecule has 0 saturated carbocycles. The summed E-state index contributed by atoms with van der Waals surface area (Å²) in [4.78, 5) is 43.2. The fourth-order valence-electron chi connectivity index (χ4n) is 6.17.